The van der Waals surface area contributed by atoms with Crippen molar-refractivity contribution in [3.63, 3.8) is 0 Å². The van der Waals surface area contributed by atoms with Gasteiger partial charge in [-0.3, -0.25) is 4.79 Å². The minimum atomic E-state index is -0.287. The molecule has 0 saturated carbocycles. The first-order valence-corrected chi connectivity index (χ1v) is 12.7. The summed E-state index contributed by atoms with van der Waals surface area (Å²) in [7, 11) is 1.63. The highest BCUT2D eigenvalue weighted by atomic mass is 32.1. The van der Waals surface area contributed by atoms with Crippen molar-refractivity contribution in [1.29, 1.82) is 0 Å². The monoisotopic (exact) mass is 493 g/mol. The summed E-state index contributed by atoms with van der Waals surface area (Å²) >= 11 is 1.65. The predicted octanol–water partition coefficient (Wildman–Crippen LogP) is 5.77. The van der Waals surface area contributed by atoms with E-state index in [4.69, 9.17) is 4.74 Å². The fraction of sp³-hybridized carbons (Fsp3) is 0.357. The summed E-state index contributed by atoms with van der Waals surface area (Å²) in [5.41, 5.74) is 5.21. The van der Waals surface area contributed by atoms with Gasteiger partial charge < -0.3 is 19.9 Å². The molecular formula is C28H35N3O3S. The normalized spacial score (nSPS) is 10.7. The van der Waals surface area contributed by atoms with Crippen LogP contribution in [-0.4, -0.2) is 48.5 Å². The third-order valence-corrected chi connectivity index (χ3v) is 7.03. The number of nitrogens with one attached hydrogen (secondary N) is 1. The molecule has 1 heterocycles. The Hall–Kier alpha value is -3.16. The lowest BCUT2D eigenvalue weighted by atomic mass is 10.1. The van der Waals surface area contributed by atoms with Crippen LogP contribution in [0.3, 0.4) is 0 Å². The van der Waals surface area contributed by atoms with Crippen LogP contribution in [0.4, 0.5) is 10.5 Å². The Morgan fingerprint density at radius 1 is 0.914 bits per heavy atom. The number of anilines is 1. The van der Waals surface area contributed by atoms with Gasteiger partial charge in [-0.1, -0.05) is 36.4 Å². The highest BCUT2D eigenvalue weighted by Crippen LogP contribution is 2.20. The molecule has 1 N–H and O–H groups in total. The van der Waals surface area contributed by atoms with Crippen LogP contribution in [-0.2, 0) is 22.6 Å². The third-order valence-electron chi connectivity index (χ3n) is 6.02. The van der Waals surface area contributed by atoms with E-state index in [9.17, 15) is 9.59 Å². The molecule has 0 aliphatic heterocycles. The molecule has 0 unspecified atom stereocenters. The molecule has 0 saturated heterocycles. The third kappa shape index (κ3) is 7.94. The molecule has 0 aliphatic rings. The molecule has 0 fully saturated rings. The smallest absolute Gasteiger partial charge is 0.322 e. The largest absolute Gasteiger partial charge is 0.385 e. The van der Waals surface area contributed by atoms with Crippen molar-refractivity contribution in [3.8, 4) is 0 Å². The summed E-state index contributed by atoms with van der Waals surface area (Å²) in [6.45, 7) is 8.05. The number of benzene rings is 2. The maximum Gasteiger partial charge on any atom is 0.322 e. The van der Waals surface area contributed by atoms with Gasteiger partial charge in [-0.15, -0.1) is 11.3 Å². The second-order valence-electron chi connectivity index (χ2n) is 8.76. The molecule has 7 heteroatoms. The Kier molecular flexibility index (Phi) is 9.87. The molecule has 0 radical (unpaired) electrons. The van der Waals surface area contributed by atoms with Gasteiger partial charge in [-0.2, -0.15) is 0 Å². The fourth-order valence-corrected chi connectivity index (χ4v) is 4.63. The first-order chi connectivity index (χ1) is 16.9. The van der Waals surface area contributed by atoms with Crippen molar-refractivity contribution in [2.45, 2.75) is 40.3 Å². The highest BCUT2D eigenvalue weighted by molar-refractivity contribution is 7.10. The van der Waals surface area contributed by atoms with Gasteiger partial charge in [0.15, 0.2) is 0 Å². The lowest BCUT2D eigenvalue weighted by Gasteiger charge is -2.28. The lowest BCUT2D eigenvalue weighted by Crippen LogP contribution is -2.44. The molecular weight excluding hydrogens is 458 g/mol. The maximum absolute atomic E-state index is 13.6. The van der Waals surface area contributed by atoms with E-state index in [1.54, 1.807) is 23.3 Å². The second kappa shape index (κ2) is 13.1. The number of hydrogen-bond donors (Lipinski definition) is 1. The Bertz CT molecular complexity index is 1110. The number of carbonyl (C=O) groups excluding carboxylic acids is 2. The molecule has 3 rings (SSSR count). The minimum Gasteiger partial charge on any atom is -0.385 e. The van der Waals surface area contributed by atoms with Crippen LogP contribution in [0.2, 0.25) is 0 Å². The standard InChI is InChI=1S/C28H35N3O3S/c1-21-11-12-25(17-23(21)3)29-28(33)30(14-8-15-34-4)20-27(32)31(18-24-9-6-5-7-10-24)19-26-22(2)13-16-35-26/h5-7,9-13,16-17H,8,14-15,18-20H2,1-4H3,(H,29,33). The van der Waals surface area contributed by atoms with Crippen LogP contribution < -0.4 is 5.32 Å². The number of carbonyl (C=O) groups is 2. The molecule has 6 nitrogen and oxygen atoms in total. The van der Waals surface area contributed by atoms with Crippen molar-refractivity contribution in [3.05, 3.63) is 87.1 Å². The van der Waals surface area contributed by atoms with E-state index in [2.05, 4.69) is 18.3 Å². The summed E-state index contributed by atoms with van der Waals surface area (Å²) < 4.78 is 5.18. The van der Waals surface area contributed by atoms with E-state index in [1.807, 2.05) is 72.7 Å². The van der Waals surface area contributed by atoms with E-state index >= 15 is 0 Å². The molecule has 0 bridgehead atoms. The van der Waals surface area contributed by atoms with E-state index in [0.29, 0.717) is 32.7 Å². The number of nitrogens with zero attached hydrogens (tertiary/aromatic N) is 2. The van der Waals surface area contributed by atoms with Crippen LogP contribution in [0.5, 0.6) is 0 Å². The number of thiophene rings is 1. The molecule has 3 aromatic rings. The molecule has 35 heavy (non-hydrogen) atoms. The summed E-state index contributed by atoms with van der Waals surface area (Å²) in [5, 5.41) is 5.01. The topological polar surface area (TPSA) is 61.9 Å². The van der Waals surface area contributed by atoms with Gasteiger partial charge in [-0.25, -0.2) is 4.79 Å². The van der Waals surface area contributed by atoms with Crippen molar-refractivity contribution in [2.24, 2.45) is 0 Å². The Morgan fingerprint density at radius 2 is 1.69 bits per heavy atom. The van der Waals surface area contributed by atoms with Crippen LogP contribution in [0.25, 0.3) is 0 Å². The number of hydrogen-bond acceptors (Lipinski definition) is 4. The number of rotatable bonds is 11. The lowest BCUT2D eigenvalue weighted by molar-refractivity contribution is -0.133. The van der Waals surface area contributed by atoms with Crippen molar-refractivity contribution in [1.82, 2.24) is 9.80 Å². The fourth-order valence-electron chi connectivity index (χ4n) is 3.71. The van der Waals surface area contributed by atoms with Gasteiger partial charge in [0, 0.05) is 37.4 Å². The Labute approximate surface area is 212 Å². The second-order valence-corrected chi connectivity index (χ2v) is 9.76. The number of urea groups is 1. The average Bonchev–Trinajstić information content (AvgIpc) is 3.25. The highest BCUT2D eigenvalue weighted by Gasteiger charge is 2.23. The zero-order valence-electron chi connectivity index (χ0n) is 21.0. The molecule has 186 valence electrons. The zero-order chi connectivity index (χ0) is 25.2. The van der Waals surface area contributed by atoms with Gasteiger partial charge in [0.2, 0.25) is 5.91 Å². The van der Waals surface area contributed by atoms with Gasteiger partial charge in [0.05, 0.1) is 6.54 Å². The number of methoxy groups -OCH3 is 1. The van der Waals surface area contributed by atoms with Crippen molar-refractivity contribution in [2.75, 3.05) is 32.1 Å². The van der Waals surface area contributed by atoms with Crippen LogP contribution in [0.15, 0.2) is 60.0 Å². The molecule has 2 aromatic carbocycles. The first kappa shape index (κ1) is 26.4. The summed E-state index contributed by atoms with van der Waals surface area (Å²) in [6.07, 6.45) is 0.646. The van der Waals surface area contributed by atoms with Gasteiger partial charge >= 0.3 is 6.03 Å². The number of aryl methyl sites for hydroxylation is 3. The van der Waals surface area contributed by atoms with E-state index in [-0.39, 0.29) is 18.5 Å². The number of amides is 3. The number of ether oxygens (including phenoxy) is 1. The summed E-state index contributed by atoms with van der Waals surface area (Å²) in [5.74, 6) is -0.0886. The van der Waals surface area contributed by atoms with E-state index in [0.717, 1.165) is 27.3 Å². The molecule has 3 amide bonds. The molecule has 0 spiro atoms. The van der Waals surface area contributed by atoms with Crippen LogP contribution in [0, 0.1) is 20.8 Å². The maximum atomic E-state index is 13.6. The SMILES string of the molecule is COCCCN(CC(=O)N(Cc1ccccc1)Cc1sccc1C)C(=O)Nc1ccc(C)c(C)c1. The first-order valence-electron chi connectivity index (χ1n) is 11.8. The van der Waals surface area contributed by atoms with Crippen LogP contribution >= 0.6 is 11.3 Å². The predicted molar refractivity (Wildman–Crippen MR) is 143 cm³/mol. The van der Waals surface area contributed by atoms with Crippen LogP contribution in [0.1, 0.15) is 33.6 Å². The molecule has 1 aromatic heterocycles. The average molecular weight is 494 g/mol. The quantitative estimate of drug-likeness (QED) is 0.345. The van der Waals surface area contributed by atoms with E-state index < -0.39 is 0 Å². The van der Waals surface area contributed by atoms with Crippen molar-refractivity contribution < 1.29 is 14.3 Å². The Morgan fingerprint density at radius 3 is 2.34 bits per heavy atom. The minimum absolute atomic E-state index is 0.00233. The van der Waals surface area contributed by atoms with Gasteiger partial charge in [0.1, 0.15) is 6.54 Å². The van der Waals surface area contributed by atoms with E-state index in [1.165, 1.54) is 5.56 Å². The van der Waals surface area contributed by atoms with Gasteiger partial charge in [0.25, 0.3) is 0 Å². The summed E-state index contributed by atoms with van der Waals surface area (Å²) in [4.78, 5) is 31.3. The summed E-state index contributed by atoms with van der Waals surface area (Å²) in [6, 6.07) is 17.5. The van der Waals surface area contributed by atoms with Gasteiger partial charge in [-0.05, 0) is 73.0 Å². The molecule has 0 aliphatic carbocycles. The Balaban J connectivity index is 1.77. The van der Waals surface area contributed by atoms with Crippen molar-refractivity contribution >= 4 is 29.0 Å². The molecule has 0 atom stereocenters. The zero-order valence-corrected chi connectivity index (χ0v) is 21.9.